The highest BCUT2D eigenvalue weighted by Gasteiger charge is 2.20. The summed E-state index contributed by atoms with van der Waals surface area (Å²) in [6.07, 6.45) is 0. The Morgan fingerprint density at radius 1 is 1.24 bits per heavy atom. The van der Waals surface area contributed by atoms with E-state index in [0.717, 1.165) is 22.0 Å². The zero-order valence-electron chi connectivity index (χ0n) is 13.3. The van der Waals surface area contributed by atoms with Gasteiger partial charge >= 0.3 is 0 Å². The molecule has 0 fully saturated rings. The molecular weight excluding hydrogens is 264 g/mol. The Bertz CT molecular complexity index is 752. The molecule has 0 aliphatic carbocycles. The number of hydrogen-bond acceptors (Lipinski definition) is 2. The van der Waals surface area contributed by atoms with Crippen molar-refractivity contribution in [3.05, 3.63) is 45.2 Å². The van der Waals surface area contributed by atoms with Crippen molar-refractivity contribution < 1.29 is 4.79 Å². The van der Waals surface area contributed by atoms with Gasteiger partial charge in [0.2, 0.25) is 5.91 Å². The average Bonchev–Trinajstić information content (AvgIpc) is 2.40. The van der Waals surface area contributed by atoms with E-state index >= 15 is 0 Å². The minimum atomic E-state index is -0.461. The Kier molecular flexibility index (Phi) is 3.90. The lowest BCUT2D eigenvalue weighted by Crippen LogP contribution is -2.35. The molecule has 0 saturated carbocycles. The van der Waals surface area contributed by atoms with Gasteiger partial charge < -0.3 is 10.3 Å². The normalized spacial score (nSPS) is 11.7. The Morgan fingerprint density at radius 2 is 1.90 bits per heavy atom. The van der Waals surface area contributed by atoms with Crippen molar-refractivity contribution in [2.45, 2.75) is 41.2 Å². The largest absolute Gasteiger partial charge is 0.351 e. The molecule has 0 atom stereocenters. The van der Waals surface area contributed by atoms with Gasteiger partial charge in [0, 0.05) is 17.5 Å². The van der Waals surface area contributed by atoms with Crippen LogP contribution in [0.5, 0.6) is 0 Å². The van der Waals surface area contributed by atoms with Crippen molar-refractivity contribution >= 4 is 16.8 Å². The highest BCUT2D eigenvalue weighted by atomic mass is 16.2. The summed E-state index contributed by atoms with van der Waals surface area (Å²) in [5, 5.41) is 3.80. The van der Waals surface area contributed by atoms with Gasteiger partial charge in [-0.05, 0) is 36.4 Å². The number of hydrogen-bond donors (Lipinski definition) is 2. The molecule has 21 heavy (non-hydrogen) atoms. The second-order valence-corrected chi connectivity index (χ2v) is 6.53. The van der Waals surface area contributed by atoms with E-state index in [1.54, 1.807) is 0 Å². The topological polar surface area (TPSA) is 62.0 Å². The number of pyridine rings is 1. The monoisotopic (exact) mass is 286 g/mol. The second kappa shape index (κ2) is 5.35. The molecule has 0 unspecified atom stereocenters. The number of carbonyl (C=O) groups is 1. The Labute approximate surface area is 124 Å². The number of H-pyrrole nitrogens is 1. The van der Waals surface area contributed by atoms with Gasteiger partial charge in [0.05, 0.1) is 5.52 Å². The molecular formula is C17H22N2O2. The van der Waals surface area contributed by atoms with Crippen molar-refractivity contribution in [1.29, 1.82) is 0 Å². The summed E-state index contributed by atoms with van der Waals surface area (Å²) in [5.41, 5.74) is 3.05. The van der Waals surface area contributed by atoms with Gasteiger partial charge in [-0.25, -0.2) is 0 Å². The smallest absolute Gasteiger partial charge is 0.253 e. The average molecular weight is 286 g/mol. The fourth-order valence-corrected chi connectivity index (χ4v) is 2.14. The van der Waals surface area contributed by atoms with Crippen LogP contribution in [0.1, 0.15) is 37.5 Å². The number of aromatic amines is 1. The summed E-state index contributed by atoms with van der Waals surface area (Å²) in [4.78, 5) is 27.0. The number of fused-ring (bicyclic) bond motifs is 1. The summed E-state index contributed by atoms with van der Waals surface area (Å²) in [6, 6.07) is 5.87. The van der Waals surface area contributed by atoms with E-state index < -0.39 is 5.41 Å². The fourth-order valence-electron chi connectivity index (χ4n) is 2.14. The first-order valence-electron chi connectivity index (χ1n) is 7.10. The zero-order chi connectivity index (χ0) is 15.8. The number of aromatic nitrogens is 1. The van der Waals surface area contributed by atoms with Gasteiger partial charge in [-0.3, -0.25) is 9.59 Å². The van der Waals surface area contributed by atoms with Crippen LogP contribution in [0.2, 0.25) is 0 Å². The van der Waals surface area contributed by atoms with E-state index in [0.29, 0.717) is 5.56 Å². The third kappa shape index (κ3) is 3.15. The van der Waals surface area contributed by atoms with Crippen LogP contribution in [0.4, 0.5) is 0 Å². The molecule has 0 aliphatic rings. The van der Waals surface area contributed by atoms with Crippen molar-refractivity contribution in [2.75, 3.05) is 0 Å². The van der Waals surface area contributed by atoms with Crippen LogP contribution in [0.15, 0.2) is 23.0 Å². The quantitative estimate of drug-likeness (QED) is 0.891. The van der Waals surface area contributed by atoms with Gasteiger partial charge in [0.15, 0.2) is 0 Å². The molecule has 2 N–H and O–H groups in total. The van der Waals surface area contributed by atoms with E-state index in [2.05, 4.69) is 10.3 Å². The Hall–Kier alpha value is -2.10. The van der Waals surface area contributed by atoms with Crippen molar-refractivity contribution in [3.63, 3.8) is 0 Å². The van der Waals surface area contributed by atoms with Gasteiger partial charge in [0.25, 0.3) is 5.56 Å². The Morgan fingerprint density at radius 3 is 2.52 bits per heavy atom. The van der Waals surface area contributed by atoms with Gasteiger partial charge in [-0.15, -0.1) is 0 Å². The maximum atomic E-state index is 12.2. The molecule has 4 heteroatoms. The molecule has 0 bridgehead atoms. The molecule has 1 aromatic carbocycles. The van der Waals surface area contributed by atoms with Crippen LogP contribution in [0.25, 0.3) is 10.9 Å². The van der Waals surface area contributed by atoms with Gasteiger partial charge in [-0.2, -0.15) is 0 Å². The fraction of sp³-hybridized carbons (Fsp3) is 0.412. The van der Waals surface area contributed by atoms with Crippen LogP contribution in [-0.4, -0.2) is 10.9 Å². The predicted octanol–water partition coefficient (Wildman–Crippen LogP) is 2.81. The predicted molar refractivity (Wildman–Crippen MR) is 85.3 cm³/mol. The summed E-state index contributed by atoms with van der Waals surface area (Å²) in [6.45, 7) is 9.80. The second-order valence-electron chi connectivity index (χ2n) is 6.53. The first-order valence-corrected chi connectivity index (χ1v) is 7.10. The molecule has 2 aromatic rings. The summed E-state index contributed by atoms with van der Waals surface area (Å²) in [5.74, 6) is -0.0675. The lowest BCUT2D eigenvalue weighted by Gasteiger charge is -2.17. The zero-order valence-corrected chi connectivity index (χ0v) is 13.3. The molecule has 0 radical (unpaired) electrons. The summed E-state index contributed by atoms with van der Waals surface area (Å²) >= 11 is 0. The summed E-state index contributed by atoms with van der Waals surface area (Å²) < 4.78 is 0. The Balaban J connectivity index is 2.34. The number of benzene rings is 1. The molecule has 0 saturated heterocycles. The van der Waals surface area contributed by atoms with Crippen LogP contribution in [0, 0.1) is 19.3 Å². The van der Waals surface area contributed by atoms with Crippen molar-refractivity contribution in [2.24, 2.45) is 5.41 Å². The maximum absolute atomic E-state index is 12.2. The SMILES string of the molecule is Cc1ccc2cc(CNC(=O)C(C)(C)C)c(=O)[nH]c2c1C. The van der Waals surface area contributed by atoms with E-state index in [9.17, 15) is 9.59 Å². The number of carbonyl (C=O) groups excluding carboxylic acids is 1. The molecule has 4 nitrogen and oxygen atoms in total. The lowest BCUT2D eigenvalue weighted by molar-refractivity contribution is -0.128. The standard InChI is InChI=1S/C17H22N2O2/c1-10-6-7-12-8-13(9-18-16(21)17(3,4)5)15(20)19-14(12)11(10)2/h6-8H,9H2,1-5H3,(H,18,21)(H,19,20). The molecule has 112 valence electrons. The first-order chi connectivity index (χ1) is 9.70. The minimum Gasteiger partial charge on any atom is -0.351 e. The van der Waals surface area contributed by atoms with E-state index in [4.69, 9.17) is 0 Å². The maximum Gasteiger partial charge on any atom is 0.253 e. The third-order valence-corrected chi connectivity index (χ3v) is 3.75. The van der Waals surface area contributed by atoms with E-state index in [1.165, 1.54) is 0 Å². The van der Waals surface area contributed by atoms with E-state index in [1.807, 2.05) is 52.8 Å². The summed E-state index contributed by atoms with van der Waals surface area (Å²) in [7, 11) is 0. The van der Waals surface area contributed by atoms with Gasteiger partial charge in [0.1, 0.15) is 0 Å². The lowest BCUT2D eigenvalue weighted by atomic mass is 9.95. The van der Waals surface area contributed by atoms with Gasteiger partial charge in [-0.1, -0.05) is 32.9 Å². The third-order valence-electron chi connectivity index (χ3n) is 3.75. The first kappa shape index (κ1) is 15.3. The molecule has 0 aliphatic heterocycles. The number of amides is 1. The van der Waals surface area contributed by atoms with Crippen LogP contribution in [0.3, 0.4) is 0 Å². The number of rotatable bonds is 2. The number of aryl methyl sites for hydroxylation is 2. The molecule has 2 rings (SSSR count). The molecule has 0 spiro atoms. The highest BCUT2D eigenvalue weighted by Crippen LogP contribution is 2.19. The highest BCUT2D eigenvalue weighted by molar-refractivity contribution is 5.84. The van der Waals surface area contributed by atoms with Crippen LogP contribution >= 0.6 is 0 Å². The van der Waals surface area contributed by atoms with Crippen molar-refractivity contribution in [3.8, 4) is 0 Å². The molecule has 1 heterocycles. The van der Waals surface area contributed by atoms with Crippen molar-refractivity contribution in [1.82, 2.24) is 10.3 Å². The van der Waals surface area contributed by atoms with Crippen LogP contribution in [-0.2, 0) is 11.3 Å². The molecule has 1 aromatic heterocycles. The van der Waals surface area contributed by atoms with E-state index in [-0.39, 0.29) is 18.0 Å². The molecule has 1 amide bonds. The van der Waals surface area contributed by atoms with Crippen LogP contribution < -0.4 is 10.9 Å². The minimum absolute atomic E-state index is 0.0675. The number of nitrogens with one attached hydrogen (secondary N) is 2.